The Morgan fingerprint density at radius 1 is 1.47 bits per heavy atom. The van der Waals surface area contributed by atoms with Gasteiger partial charge in [-0.3, -0.25) is 4.68 Å². The largest absolute Gasteiger partial charge is 0.476 e. The molecule has 0 fully saturated rings. The van der Waals surface area contributed by atoms with E-state index in [2.05, 4.69) is 20.4 Å². The normalized spacial score (nSPS) is 12.1. The molecule has 2 heterocycles. The highest BCUT2D eigenvalue weighted by molar-refractivity contribution is 5.84. The zero-order valence-electron chi connectivity index (χ0n) is 10.2. The van der Waals surface area contributed by atoms with Gasteiger partial charge in [-0.25, -0.2) is 14.8 Å². The summed E-state index contributed by atoms with van der Waals surface area (Å²) in [6, 6.07) is 1.71. The predicted octanol–water partition coefficient (Wildman–Crippen LogP) is 0.0538. The summed E-state index contributed by atoms with van der Waals surface area (Å²) in [6.07, 6.45) is 3.31. The minimum absolute atomic E-state index is 0.127. The van der Waals surface area contributed by atoms with Gasteiger partial charge in [-0.2, -0.15) is 5.10 Å². The predicted molar refractivity (Wildman–Crippen MR) is 65.6 cm³/mol. The molecule has 0 saturated carbocycles. The molecule has 100 valence electrons. The van der Waals surface area contributed by atoms with E-state index in [4.69, 9.17) is 5.11 Å². The zero-order chi connectivity index (χ0) is 13.8. The lowest BCUT2D eigenvalue weighted by Crippen LogP contribution is -2.16. The molecule has 0 aromatic carbocycles. The van der Waals surface area contributed by atoms with Crippen LogP contribution < -0.4 is 5.32 Å². The number of carboxylic acid groups (broad SMARTS) is 1. The van der Waals surface area contributed by atoms with Gasteiger partial charge in [0, 0.05) is 19.8 Å². The maximum atomic E-state index is 10.6. The molecule has 3 N–H and O–H groups in total. The Morgan fingerprint density at radius 3 is 2.79 bits per heavy atom. The molecule has 2 rings (SSSR count). The summed E-state index contributed by atoms with van der Waals surface area (Å²) in [4.78, 5) is 18.2. The number of aryl methyl sites for hydroxylation is 1. The number of aromatic nitrogens is 4. The molecule has 0 amide bonds. The number of nitrogens with one attached hydrogen (secondary N) is 1. The average molecular weight is 263 g/mol. The highest BCUT2D eigenvalue weighted by Gasteiger charge is 2.11. The number of aliphatic hydroxyl groups excluding tert-OH is 1. The summed E-state index contributed by atoms with van der Waals surface area (Å²) in [5, 5.41) is 25.4. The first kappa shape index (κ1) is 13.0. The standard InChI is InChI=1S/C11H13N5O3/c1-16-8(2-3-15-16)9(17)5-14-10-6-12-7(4-13-10)11(18)19/h2-4,6,9,17H,5H2,1H3,(H,13,14)(H,18,19). The SMILES string of the molecule is Cn1nccc1C(O)CNc1cnc(C(=O)O)cn1. The van der Waals surface area contributed by atoms with Crippen molar-refractivity contribution in [2.75, 3.05) is 11.9 Å². The van der Waals surface area contributed by atoms with E-state index < -0.39 is 12.1 Å². The second-order valence-corrected chi connectivity index (χ2v) is 3.87. The summed E-state index contributed by atoms with van der Waals surface area (Å²) in [7, 11) is 1.74. The lowest BCUT2D eigenvalue weighted by molar-refractivity contribution is 0.0690. The molecule has 1 unspecified atom stereocenters. The van der Waals surface area contributed by atoms with Crippen molar-refractivity contribution >= 4 is 11.8 Å². The minimum Gasteiger partial charge on any atom is -0.476 e. The van der Waals surface area contributed by atoms with E-state index in [0.29, 0.717) is 11.5 Å². The fourth-order valence-electron chi connectivity index (χ4n) is 1.55. The second kappa shape index (κ2) is 5.44. The molecule has 2 aromatic heterocycles. The van der Waals surface area contributed by atoms with Crippen molar-refractivity contribution in [2.24, 2.45) is 7.05 Å². The van der Waals surface area contributed by atoms with Gasteiger partial charge >= 0.3 is 5.97 Å². The van der Waals surface area contributed by atoms with Gasteiger partial charge in [-0.1, -0.05) is 0 Å². The monoisotopic (exact) mass is 263 g/mol. The number of rotatable bonds is 5. The first-order valence-electron chi connectivity index (χ1n) is 5.53. The highest BCUT2D eigenvalue weighted by Crippen LogP contribution is 2.12. The third-order valence-corrected chi connectivity index (χ3v) is 2.55. The summed E-state index contributed by atoms with van der Waals surface area (Å²) < 4.78 is 1.57. The van der Waals surface area contributed by atoms with Gasteiger partial charge < -0.3 is 15.5 Å². The van der Waals surface area contributed by atoms with Crippen molar-refractivity contribution in [3.8, 4) is 0 Å². The summed E-state index contributed by atoms with van der Waals surface area (Å²) >= 11 is 0. The van der Waals surface area contributed by atoms with Crippen LogP contribution in [-0.4, -0.2) is 42.5 Å². The Kier molecular flexibility index (Phi) is 3.71. The van der Waals surface area contributed by atoms with Gasteiger partial charge in [0.1, 0.15) is 11.9 Å². The van der Waals surface area contributed by atoms with Crippen molar-refractivity contribution in [1.29, 1.82) is 0 Å². The Hall–Kier alpha value is -2.48. The van der Waals surface area contributed by atoms with Crippen LogP contribution in [0.2, 0.25) is 0 Å². The van der Waals surface area contributed by atoms with E-state index in [0.717, 1.165) is 6.20 Å². The van der Waals surface area contributed by atoms with Crippen LogP contribution in [0.1, 0.15) is 22.3 Å². The third kappa shape index (κ3) is 3.05. The molecule has 8 nitrogen and oxygen atoms in total. The highest BCUT2D eigenvalue weighted by atomic mass is 16.4. The Labute approximate surface area is 108 Å². The molecule has 1 atom stereocenters. The molecule has 0 radical (unpaired) electrons. The Morgan fingerprint density at radius 2 is 2.26 bits per heavy atom. The van der Waals surface area contributed by atoms with Crippen LogP contribution in [0.5, 0.6) is 0 Å². The van der Waals surface area contributed by atoms with Crippen molar-refractivity contribution in [2.45, 2.75) is 6.10 Å². The van der Waals surface area contributed by atoms with Crippen molar-refractivity contribution in [3.63, 3.8) is 0 Å². The van der Waals surface area contributed by atoms with Gasteiger partial charge in [-0.05, 0) is 6.07 Å². The fourth-order valence-corrected chi connectivity index (χ4v) is 1.55. The van der Waals surface area contributed by atoms with E-state index in [1.54, 1.807) is 24.0 Å². The fraction of sp³-hybridized carbons (Fsp3) is 0.273. The Bertz CT molecular complexity index is 566. The lowest BCUT2D eigenvalue weighted by atomic mass is 10.2. The van der Waals surface area contributed by atoms with Gasteiger partial charge in [-0.15, -0.1) is 0 Å². The number of anilines is 1. The summed E-state index contributed by atoms with van der Waals surface area (Å²) in [6.45, 7) is 0.223. The number of hydrogen-bond acceptors (Lipinski definition) is 6. The molecule has 0 aliphatic heterocycles. The third-order valence-electron chi connectivity index (χ3n) is 2.55. The van der Waals surface area contributed by atoms with Crippen LogP contribution in [0.25, 0.3) is 0 Å². The maximum absolute atomic E-state index is 10.6. The number of aliphatic hydroxyl groups is 1. The first-order valence-corrected chi connectivity index (χ1v) is 5.53. The number of carboxylic acids is 1. The van der Waals surface area contributed by atoms with E-state index in [-0.39, 0.29) is 12.2 Å². The van der Waals surface area contributed by atoms with Crippen LogP contribution in [0.3, 0.4) is 0 Å². The second-order valence-electron chi connectivity index (χ2n) is 3.87. The number of aromatic carboxylic acids is 1. The topological polar surface area (TPSA) is 113 Å². The average Bonchev–Trinajstić information content (AvgIpc) is 2.83. The minimum atomic E-state index is -1.13. The summed E-state index contributed by atoms with van der Waals surface area (Å²) in [5.74, 6) is -0.736. The molecular weight excluding hydrogens is 250 g/mol. The first-order chi connectivity index (χ1) is 9.08. The van der Waals surface area contributed by atoms with Gasteiger partial charge in [0.2, 0.25) is 0 Å². The summed E-state index contributed by atoms with van der Waals surface area (Å²) in [5.41, 5.74) is 0.542. The molecule has 0 aliphatic carbocycles. The molecule has 0 bridgehead atoms. The Balaban J connectivity index is 1.95. The molecule has 0 aliphatic rings. The van der Waals surface area contributed by atoms with Crippen LogP contribution >= 0.6 is 0 Å². The van der Waals surface area contributed by atoms with Gasteiger partial charge in [0.25, 0.3) is 0 Å². The van der Waals surface area contributed by atoms with Crippen molar-refractivity contribution < 1.29 is 15.0 Å². The molecule has 0 saturated heterocycles. The zero-order valence-corrected chi connectivity index (χ0v) is 10.2. The van der Waals surface area contributed by atoms with Crippen LogP contribution in [-0.2, 0) is 7.05 Å². The maximum Gasteiger partial charge on any atom is 0.356 e. The van der Waals surface area contributed by atoms with Crippen molar-refractivity contribution in [1.82, 2.24) is 19.7 Å². The van der Waals surface area contributed by atoms with E-state index in [1.807, 2.05) is 0 Å². The van der Waals surface area contributed by atoms with E-state index in [9.17, 15) is 9.90 Å². The van der Waals surface area contributed by atoms with Crippen LogP contribution in [0, 0.1) is 0 Å². The molecule has 19 heavy (non-hydrogen) atoms. The smallest absolute Gasteiger partial charge is 0.356 e. The van der Waals surface area contributed by atoms with Gasteiger partial charge in [0.15, 0.2) is 5.69 Å². The number of nitrogens with zero attached hydrogens (tertiary/aromatic N) is 4. The molecule has 0 spiro atoms. The van der Waals surface area contributed by atoms with Crippen LogP contribution in [0.4, 0.5) is 5.82 Å². The van der Waals surface area contributed by atoms with Crippen LogP contribution in [0.15, 0.2) is 24.7 Å². The lowest BCUT2D eigenvalue weighted by Gasteiger charge is -2.12. The molecule has 8 heteroatoms. The van der Waals surface area contributed by atoms with Gasteiger partial charge in [0.05, 0.1) is 18.1 Å². The molecular formula is C11H13N5O3. The number of hydrogen-bond donors (Lipinski definition) is 3. The molecule has 2 aromatic rings. The van der Waals surface area contributed by atoms with E-state index in [1.165, 1.54) is 6.20 Å². The quantitative estimate of drug-likeness (QED) is 0.698. The number of carbonyl (C=O) groups is 1. The van der Waals surface area contributed by atoms with E-state index >= 15 is 0 Å². The van der Waals surface area contributed by atoms with Crippen molar-refractivity contribution in [3.05, 3.63) is 36.0 Å².